The molecule has 1 aliphatic heterocycles. The van der Waals surface area contributed by atoms with Crippen LogP contribution in [0.5, 0.6) is 5.75 Å². The van der Waals surface area contributed by atoms with Gasteiger partial charge in [0.15, 0.2) is 0 Å². The number of benzene rings is 3. The van der Waals surface area contributed by atoms with E-state index >= 15 is 0 Å². The summed E-state index contributed by atoms with van der Waals surface area (Å²) in [4.78, 5) is 14.6. The fourth-order valence-corrected chi connectivity index (χ4v) is 3.29. The molecule has 0 saturated heterocycles. The van der Waals surface area contributed by atoms with E-state index in [1.807, 2.05) is 36.4 Å². The number of amides is 1. The Morgan fingerprint density at radius 3 is 2.48 bits per heavy atom. The molecular weight excluding hydrogens is 369 g/mol. The average Bonchev–Trinajstić information content (AvgIpc) is 3.18. The Balaban J connectivity index is 1.41. The summed E-state index contributed by atoms with van der Waals surface area (Å²) < 4.78 is 18.1. The molecule has 146 valence electrons. The summed E-state index contributed by atoms with van der Waals surface area (Å²) in [5.41, 5.74) is 7.21. The second kappa shape index (κ2) is 8.14. The third-order valence-corrected chi connectivity index (χ3v) is 4.88. The van der Waals surface area contributed by atoms with Crippen LogP contribution in [0.1, 0.15) is 27.0 Å². The molecule has 0 aromatic heterocycles. The molecule has 0 spiro atoms. The maximum Gasteiger partial charge on any atom is 0.271 e. The molecule has 0 unspecified atom stereocenters. The van der Waals surface area contributed by atoms with Gasteiger partial charge in [-0.05, 0) is 65.2 Å². The van der Waals surface area contributed by atoms with Crippen molar-refractivity contribution >= 4 is 17.8 Å². The first-order chi connectivity index (χ1) is 14.1. The smallest absolute Gasteiger partial charge is 0.271 e. The number of halogens is 1. The van der Waals surface area contributed by atoms with Gasteiger partial charge in [0.1, 0.15) is 11.6 Å². The number of carbonyl (C=O) groups is 1. The molecule has 1 amide bonds. The number of nitrogens with zero attached hydrogens (tertiary/aromatic N) is 2. The molecule has 0 bridgehead atoms. The first-order valence-electron chi connectivity index (χ1n) is 9.22. The van der Waals surface area contributed by atoms with Gasteiger partial charge in [-0.3, -0.25) is 4.79 Å². The van der Waals surface area contributed by atoms with Crippen LogP contribution >= 0.6 is 0 Å². The summed E-state index contributed by atoms with van der Waals surface area (Å²) in [7, 11) is 1.65. The molecular formula is C23H20FN3O2. The molecule has 3 aromatic rings. The standard InChI is InChI=1S/C23H20FN3O2/c1-29-22-10-8-21(9-11-22)27-14-18-5-4-17(12-19(18)15-27)23(28)26-25-13-16-2-6-20(24)7-3-16/h2-13H,14-15H2,1H3,(H,26,28)/b25-13+. The number of carbonyl (C=O) groups excluding carboxylic acids is 1. The normalized spacial score (nSPS) is 12.8. The summed E-state index contributed by atoms with van der Waals surface area (Å²) in [6, 6.07) is 19.5. The minimum absolute atomic E-state index is 0.283. The van der Waals surface area contributed by atoms with Gasteiger partial charge in [-0.25, -0.2) is 9.82 Å². The lowest BCUT2D eigenvalue weighted by atomic mass is 10.1. The van der Waals surface area contributed by atoms with Gasteiger partial charge < -0.3 is 9.64 Å². The maximum absolute atomic E-state index is 12.9. The van der Waals surface area contributed by atoms with Crippen molar-refractivity contribution in [2.24, 2.45) is 5.10 Å². The Morgan fingerprint density at radius 1 is 1.03 bits per heavy atom. The van der Waals surface area contributed by atoms with Crippen LogP contribution in [0.15, 0.2) is 71.8 Å². The van der Waals surface area contributed by atoms with E-state index in [1.165, 1.54) is 23.9 Å². The molecule has 4 rings (SSSR count). The Bertz CT molecular complexity index is 1050. The van der Waals surface area contributed by atoms with Crippen LogP contribution in [0.25, 0.3) is 0 Å². The van der Waals surface area contributed by atoms with Crippen molar-refractivity contribution in [1.82, 2.24) is 5.43 Å². The van der Waals surface area contributed by atoms with Crippen molar-refractivity contribution in [3.05, 3.63) is 94.8 Å². The van der Waals surface area contributed by atoms with Crippen LogP contribution in [0.2, 0.25) is 0 Å². The predicted molar refractivity (Wildman–Crippen MR) is 111 cm³/mol. The highest BCUT2D eigenvalue weighted by atomic mass is 19.1. The van der Waals surface area contributed by atoms with E-state index in [9.17, 15) is 9.18 Å². The highest BCUT2D eigenvalue weighted by Gasteiger charge is 2.20. The highest BCUT2D eigenvalue weighted by Crippen LogP contribution is 2.30. The van der Waals surface area contributed by atoms with Crippen LogP contribution < -0.4 is 15.1 Å². The minimum Gasteiger partial charge on any atom is -0.497 e. The van der Waals surface area contributed by atoms with E-state index in [0.29, 0.717) is 11.1 Å². The summed E-state index contributed by atoms with van der Waals surface area (Å²) >= 11 is 0. The third-order valence-electron chi connectivity index (χ3n) is 4.88. The summed E-state index contributed by atoms with van der Waals surface area (Å²) in [5.74, 6) is 0.229. The van der Waals surface area contributed by atoms with Crippen molar-refractivity contribution in [2.45, 2.75) is 13.1 Å². The molecule has 0 fully saturated rings. The molecule has 0 atom stereocenters. The molecule has 6 heteroatoms. The fourth-order valence-electron chi connectivity index (χ4n) is 3.29. The van der Waals surface area contributed by atoms with E-state index in [0.717, 1.165) is 30.1 Å². The van der Waals surface area contributed by atoms with E-state index in [2.05, 4.69) is 15.4 Å². The lowest BCUT2D eigenvalue weighted by Crippen LogP contribution is -2.17. The predicted octanol–water partition coefficient (Wildman–Crippen LogP) is 4.12. The molecule has 3 aromatic carbocycles. The number of hydrogen-bond donors (Lipinski definition) is 1. The Hall–Kier alpha value is -3.67. The molecule has 0 saturated carbocycles. The van der Waals surface area contributed by atoms with Crippen molar-refractivity contribution in [3.63, 3.8) is 0 Å². The summed E-state index contributed by atoms with van der Waals surface area (Å²) in [6.45, 7) is 1.54. The first kappa shape index (κ1) is 18.7. The number of hydrogen-bond acceptors (Lipinski definition) is 4. The quantitative estimate of drug-likeness (QED) is 0.528. The highest BCUT2D eigenvalue weighted by molar-refractivity contribution is 5.95. The number of fused-ring (bicyclic) bond motifs is 1. The zero-order valence-corrected chi connectivity index (χ0v) is 15.9. The fraction of sp³-hybridized carbons (Fsp3) is 0.130. The van der Waals surface area contributed by atoms with Crippen molar-refractivity contribution in [3.8, 4) is 5.75 Å². The SMILES string of the molecule is COc1ccc(N2Cc3ccc(C(=O)N/N=C/c4ccc(F)cc4)cc3C2)cc1. The van der Waals surface area contributed by atoms with Crippen LogP contribution in [-0.2, 0) is 13.1 Å². The average molecular weight is 389 g/mol. The molecule has 5 nitrogen and oxygen atoms in total. The molecule has 0 aliphatic carbocycles. The Kier molecular flexibility index (Phi) is 5.24. The molecule has 1 heterocycles. The minimum atomic E-state index is -0.312. The molecule has 29 heavy (non-hydrogen) atoms. The van der Waals surface area contributed by atoms with Gasteiger partial charge in [0.2, 0.25) is 0 Å². The van der Waals surface area contributed by atoms with E-state index in [1.54, 1.807) is 25.3 Å². The second-order valence-corrected chi connectivity index (χ2v) is 6.79. The lowest BCUT2D eigenvalue weighted by molar-refractivity contribution is 0.0955. The Morgan fingerprint density at radius 2 is 1.76 bits per heavy atom. The van der Waals surface area contributed by atoms with Gasteiger partial charge in [-0.1, -0.05) is 18.2 Å². The van der Waals surface area contributed by atoms with Gasteiger partial charge in [0, 0.05) is 24.3 Å². The number of anilines is 1. The van der Waals surface area contributed by atoms with Gasteiger partial charge in [0.25, 0.3) is 5.91 Å². The first-order valence-corrected chi connectivity index (χ1v) is 9.22. The van der Waals surface area contributed by atoms with Crippen LogP contribution in [-0.4, -0.2) is 19.2 Å². The van der Waals surface area contributed by atoms with Crippen molar-refractivity contribution in [1.29, 1.82) is 0 Å². The van der Waals surface area contributed by atoms with Crippen LogP contribution in [0.3, 0.4) is 0 Å². The number of ether oxygens (including phenoxy) is 1. The molecule has 1 N–H and O–H groups in total. The Labute approximate surface area is 168 Å². The van der Waals surface area contributed by atoms with Gasteiger partial charge in [-0.2, -0.15) is 5.10 Å². The van der Waals surface area contributed by atoms with E-state index < -0.39 is 0 Å². The summed E-state index contributed by atoms with van der Waals surface area (Å²) in [5, 5.41) is 3.95. The maximum atomic E-state index is 12.9. The monoisotopic (exact) mass is 389 g/mol. The van der Waals surface area contributed by atoms with Gasteiger partial charge in [0.05, 0.1) is 13.3 Å². The van der Waals surface area contributed by atoms with Crippen LogP contribution in [0.4, 0.5) is 10.1 Å². The largest absolute Gasteiger partial charge is 0.497 e. The number of rotatable bonds is 5. The lowest BCUT2D eigenvalue weighted by Gasteiger charge is -2.17. The van der Waals surface area contributed by atoms with Gasteiger partial charge >= 0.3 is 0 Å². The zero-order chi connectivity index (χ0) is 20.2. The van der Waals surface area contributed by atoms with E-state index in [-0.39, 0.29) is 11.7 Å². The number of hydrazone groups is 1. The molecule has 0 radical (unpaired) electrons. The van der Waals surface area contributed by atoms with Crippen LogP contribution in [0, 0.1) is 5.82 Å². The van der Waals surface area contributed by atoms with Crippen molar-refractivity contribution in [2.75, 3.05) is 12.0 Å². The van der Waals surface area contributed by atoms with E-state index in [4.69, 9.17) is 4.74 Å². The topological polar surface area (TPSA) is 53.9 Å². The number of nitrogens with one attached hydrogen (secondary N) is 1. The molecule has 1 aliphatic rings. The third kappa shape index (κ3) is 4.27. The second-order valence-electron chi connectivity index (χ2n) is 6.79. The number of methoxy groups -OCH3 is 1. The van der Waals surface area contributed by atoms with Gasteiger partial charge in [-0.15, -0.1) is 0 Å². The van der Waals surface area contributed by atoms with Crippen molar-refractivity contribution < 1.29 is 13.9 Å². The zero-order valence-electron chi connectivity index (χ0n) is 15.9. The summed E-state index contributed by atoms with van der Waals surface area (Å²) in [6.07, 6.45) is 1.48.